The smallest absolute Gasteiger partial charge is 0.257 e. The van der Waals surface area contributed by atoms with E-state index in [-0.39, 0.29) is 5.43 Å². The second kappa shape index (κ2) is 8.85. The molecule has 1 N–H and O–H groups in total. The number of aromatic amines is 1. The van der Waals surface area contributed by atoms with Crippen LogP contribution in [0.15, 0.2) is 29.1 Å². The van der Waals surface area contributed by atoms with E-state index in [0.29, 0.717) is 19.1 Å². The number of nitrogens with zero attached hydrogens (tertiary/aromatic N) is 2. The number of aromatic nitrogens is 2. The average Bonchev–Trinajstić information content (AvgIpc) is 2.62. The van der Waals surface area contributed by atoms with Crippen LogP contribution in [0.2, 0.25) is 0 Å². The second-order valence-electron chi connectivity index (χ2n) is 6.82. The predicted molar refractivity (Wildman–Crippen MR) is 101 cm³/mol. The Hall–Kier alpha value is -2.34. The third-order valence-corrected chi connectivity index (χ3v) is 4.41. The summed E-state index contributed by atoms with van der Waals surface area (Å²) in [6.45, 7) is 8.28. The third kappa shape index (κ3) is 5.33. The van der Waals surface area contributed by atoms with Crippen LogP contribution in [0.5, 0.6) is 11.6 Å². The van der Waals surface area contributed by atoms with Crippen molar-refractivity contribution in [2.75, 3.05) is 26.3 Å². The molecule has 2 aromatic rings. The summed E-state index contributed by atoms with van der Waals surface area (Å²) in [4.78, 5) is 20.7. The van der Waals surface area contributed by atoms with Crippen molar-refractivity contribution in [2.24, 2.45) is 0 Å². The van der Waals surface area contributed by atoms with Gasteiger partial charge in [-0.15, -0.1) is 0 Å². The van der Waals surface area contributed by atoms with Crippen LogP contribution in [0.3, 0.4) is 0 Å². The predicted octanol–water partition coefficient (Wildman–Crippen LogP) is 2.83. The topological polar surface area (TPSA) is 67.5 Å². The van der Waals surface area contributed by atoms with Crippen molar-refractivity contribution in [3.63, 3.8) is 0 Å². The van der Waals surface area contributed by atoms with E-state index in [1.807, 2.05) is 26.0 Å². The van der Waals surface area contributed by atoms with Gasteiger partial charge in [0.05, 0.1) is 5.69 Å². The van der Waals surface area contributed by atoms with Gasteiger partial charge in [-0.05, 0) is 51.9 Å². The Morgan fingerprint density at radius 1 is 1.04 bits per heavy atom. The molecule has 0 aromatic carbocycles. The number of pyridine rings is 2. The first-order chi connectivity index (χ1) is 12.6. The van der Waals surface area contributed by atoms with E-state index >= 15 is 0 Å². The number of rotatable bonds is 2. The number of hydrogen-bond acceptors (Lipinski definition) is 5. The van der Waals surface area contributed by atoms with Gasteiger partial charge in [0.15, 0.2) is 11.2 Å². The fourth-order valence-electron chi connectivity index (χ4n) is 3.26. The van der Waals surface area contributed by atoms with E-state index in [9.17, 15) is 4.79 Å². The molecule has 26 heavy (non-hydrogen) atoms. The lowest BCUT2D eigenvalue weighted by Crippen LogP contribution is -2.29. The molecule has 0 radical (unpaired) electrons. The highest BCUT2D eigenvalue weighted by atomic mass is 16.6. The van der Waals surface area contributed by atoms with Gasteiger partial charge >= 0.3 is 0 Å². The number of H-pyrrole nitrogens is 1. The number of piperidine rings is 1. The van der Waals surface area contributed by atoms with Crippen LogP contribution in [-0.4, -0.2) is 41.2 Å². The molecule has 6 nitrogen and oxygen atoms in total. The van der Waals surface area contributed by atoms with Crippen molar-refractivity contribution in [3.05, 3.63) is 51.6 Å². The van der Waals surface area contributed by atoms with E-state index in [1.165, 1.54) is 32.4 Å². The molecule has 1 fully saturated rings. The maximum atomic E-state index is 10.7. The largest absolute Gasteiger partial charge is 0.484 e. The van der Waals surface area contributed by atoms with E-state index in [0.717, 1.165) is 29.4 Å². The molecule has 2 aromatic heterocycles. The fraction of sp³-hybridized carbons (Fsp3) is 0.500. The van der Waals surface area contributed by atoms with Gasteiger partial charge in [0, 0.05) is 30.1 Å². The SMILES string of the molecule is Cc1cc(=O)cc(C)[nH]1.c1cc2c(nc1CN1CCCCC1)OCCO2. The quantitative estimate of drug-likeness (QED) is 0.895. The van der Waals surface area contributed by atoms with E-state index in [1.54, 1.807) is 12.1 Å². The fourth-order valence-corrected chi connectivity index (χ4v) is 3.26. The Morgan fingerprint density at radius 3 is 2.42 bits per heavy atom. The molecule has 2 aliphatic heterocycles. The summed E-state index contributed by atoms with van der Waals surface area (Å²) in [5, 5.41) is 0. The van der Waals surface area contributed by atoms with Crippen LogP contribution in [0, 0.1) is 13.8 Å². The highest BCUT2D eigenvalue weighted by Crippen LogP contribution is 2.28. The van der Waals surface area contributed by atoms with Gasteiger partial charge in [-0.1, -0.05) is 6.42 Å². The van der Waals surface area contributed by atoms with E-state index in [2.05, 4.69) is 14.9 Å². The normalized spacial score (nSPS) is 16.5. The number of hydrogen-bond donors (Lipinski definition) is 1. The molecule has 2 aliphatic rings. The molecule has 0 saturated carbocycles. The average molecular weight is 357 g/mol. The highest BCUT2D eigenvalue weighted by Gasteiger charge is 2.16. The first-order valence-electron chi connectivity index (χ1n) is 9.25. The molecule has 0 atom stereocenters. The lowest BCUT2D eigenvalue weighted by molar-refractivity contribution is 0.162. The molecule has 0 spiro atoms. The summed E-state index contributed by atoms with van der Waals surface area (Å²) in [5.74, 6) is 1.43. The standard InChI is InChI=1S/C13H18N2O2.C7H9NO/c1-2-6-15(7-3-1)10-11-4-5-12-13(14-11)17-9-8-16-12;1-5-3-7(9)4-6(2)8-5/h4-5H,1-3,6-10H2;3-4H,1-2H3,(H,8,9). The number of nitrogens with one attached hydrogen (secondary N) is 1. The Balaban J connectivity index is 0.000000185. The zero-order chi connectivity index (χ0) is 18.4. The number of fused-ring (bicyclic) bond motifs is 1. The summed E-state index contributed by atoms with van der Waals surface area (Å²) in [6.07, 6.45) is 3.99. The minimum atomic E-state index is 0.0729. The summed E-state index contributed by atoms with van der Waals surface area (Å²) in [6, 6.07) is 7.17. The van der Waals surface area contributed by atoms with Crippen molar-refractivity contribution < 1.29 is 9.47 Å². The van der Waals surface area contributed by atoms with Gasteiger partial charge < -0.3 is 14.5 Å². The van der Waals surface area contributed by atoms with Crippen molar-refractivity contribution in [1.29, 1.82) is 0 Å². The Kier molecular flexibility index (Phi) is 6.28. The van der Waals surface area contributed by atoms with Gasteiger partial charge in [0.25, 0.3) is 5.88 Å². The van der Waals surface area contributed by atoms with Gasteiger partial charge in [0.2, 0.25) is 0 Å². The highest BCUT2D eigenvalue weighted by molar-refractivity contribution is 5.35. The molecule has 4 heterocycles. The first-order valence-corrected chi connectivity index (χ1v) is 9.25. The van der Waals surface area contributed by atoms with Crippen molar-refractivity contribution in [1.82, 2.24) is 14.9 Å². The maximum absolute atomic E-state index is 10.7. The van der Waals surface area contributed by atoms with E-state index in [4.69, 9.17) is 9.47 Å². The van der Waals surface area contributed by atoms with Crippen LogP contribution >= 0.6 is 0 Å². The molecule has 0 aliphatic carbocycles. The molecule has 0 amide bonds. The molecule has 4 rings (SSSR count). The molecule has 1 saturated heterocycles. The van der Waals surface area contributed by atoms with Gasteiger partial charge in [-0.25, -0.2) is 4.98 Å². The molecular weight excluding hydrogens is 330 g/mol. The monoisotopic (exact) mass is 357 g/mol. The lowest BCUT2D eigenvalue weighted by Gasteiger charge is -2.26. The summed E-state index contributed by atoms with van der Waals surface area (Å²) >= 11 is 0. The van der Waals surface area contributed by atoms with Crippen molar-refractivity contribution in [2.45, 2.75) is 39.7 Å². The zero-order valence-corrected chi connectivity index (χ0v) is 15.6. The minimum Gasteiger partial charge on any atom is -0.484 e. The van der Waals surface area contributed by atoms with Crippen LogP contribution in [0.4, 0.5) is 0 Å². The number of likely N-dealkylation sites (tertiary alicyclic amines) is 1. The Morgan fingerprint density at radius 2 is 1.73 bits per heavy atom. The maximum Gasteiger partial charge on any atom is 0.257 e. The van der Waals surface area contributed by atoms with Crippen LogP contribution in [0.1, 0.15) is 36.3 Å². The Bertz CT molecular complexity index is 759. The van der Waals surface area contributed by atoms with Gasteiger partial charge in [0.1, 0.15) is 13.2 Å². The van der Waals surface area contributed by atoms with Crippen LogP contribution in [0.25, 0.3) is 0 Å². The van der Waals surface area contributed by atoms with E-state index < -0.39 is 0 Å². The summed E-state index contributed by atoms with van der Waals surface area (Å²) in [7, 11) is 0. The molecule has 6 heteroatoms. The molecule has 0 unspecified atom stereocenters. The zero-order valence-electron chi connectivity index (χ0n) is 15.6. The van der Waals surface area contributed by atoms with Crippen molar-refractivity contribution >= 4 is 0 Å². The molecule has 0 bridgehead atoms. The van der Waals surface area contributed by atoms with Crippen LogP contribution < -0.4 is 14.9 Å². The minimum absolute atomic E-state index is 0.0729. The van der Waals surface area contributed by atoms with Gasteiger partial charge in [-0.2, -0.15) is 0 Å². The second-order valence-corrected chi connectivity index (χ2v) is 6.82. The molecular formula is C20H27N3O3. The Labute approximate surface area is 154 Å². The third-order valence-electron chi connectivity index (χ3n) is 4.41. The van der Waals surface area contributed by atoms with Crippen LogP contribution in [-0.2, 0) is 6.54 Å². The number of ether oxygens (including phenoxy) is 2. The first kappa shape index (κ1) is 18.5. The number of aryl methyl sites for hydroxylation is 2. The molecule has 140 valence electrons. The lowest BCUT2D eigenvalue weighted by atomic mass is 10.1. The summed E-state index contributed by atoms with van der Waals surface area (Å²) in [5.41, 5.74) is 2.99. The van der Waals surface area contributed by atoms with Gasteiger partial charge in [-0.3, -0.25) is 9.69 Å². The summed E-state index contributed by atoms with van der Waals surface area (Å²) < 4.78 is 11.0. The van der Waals surface area contributed by atoms with Crippen molar-refractivity contribution in [3.8, 4) is 11.6 Å².